The topological polar surface area (TPSA) is 39.3 Å². The smallest absolute Gasteiger partial charge is 0.0590 e. The van der Waals surface area contributed by atoms with Crippen LogP contribution in [0, 0.1) is 0 Å². The fourth-order valence-corrected chi connectivity index (χ4v) is 3.81. The second-order valence-corrected chi connectivity index (χ2v) is 7.28. The molecule has 3 nitrogen and oxygen atoms in total. The molecule has 0 amide bonds. The average Bonchev–Trinajstić information content (AvgIpc) is 3.16. The van der Waals surface area contributed by atoms with E-state index >= 15 is 0 Å². The Balaban J connectivity index is 1.60. The van der Waals surface area contributed by atoms with E-state index in [-0.39, 0.29) is 12.6 Å². The molecule has 3 aromatic carbocycles. The maximum atomic E-state index is 10.3. The van der Waals surface area contributed by atoms with Crippen LogP contribution in [0.15, 0.2) is 91.1 Å². The van der Waals surface area contributed by atoms with Crippen molar-refractivity contribution in [2.75, 3.05) is 6.61 Å². The van der Waals surface area contributed by atoms with Crippen molar-refractivity contribution in [2.45, 2.75) is 25.6 Å². The minimum Gasteiger partial charge on any atom is -0.395 e. The normalized spacial score (nSPS) is 12.5. The van der Waals surface area contributed by atoms with Gasteiger partial charge in [0.15, 0.2) is 0 Å². The van der Waals surface area contributed by atoms with Crippen LogP contribution in [-0.2, 0) is 19.5 Å². The monoisotopic (exact) mass is 370 g/mol. The minimum absolute atomic E-state index is 0.0413. The number of para-hydroxylation sites is 1. The fraction of sp³-hybridized carbons (Fsp3) is 0.200. The van der Waals surface area contributed by atoms with E-state index in [1.807, 2.05) is 18.2 Å². The Hall–Kier alpha value is -2.88. The minimum atomic E-state index is 0.0413. The van der Waals surface area contributed by atoms with Crippen LogP contribution >= 0.6 is 0 Å². The summed E-state index contributed by atoms with van der Waals surface area (Å²) in [6.07, 6.45) is 2.89. The summed E-state index contributed by atoms with van der Waals surface area (Å²) >= 11 is 0. The lowest BCUT2D eigenvalue weighted by Gasteiger charge is -2.31. The van der Waals surface area contributed by atoms with Gasteiger partial charge in [-0.3, -0.25) is 4.90 Å². The highest BCUT2D eigenvalue weighted by Crippen LogP contribution is 2.22. The third-order valence-electron chi connectivity index (χ3n) is 5.31. The predicted octanol–water partition coefficient (Wildman–Crippen LogP) is 4.77. The Kier molecular flexibility index (Phi) is 5.86. The van der Waals surface area contributed by atoms with E-state index in [0.29, 0.717) is 0 Å². The quantitative estimate of drug-likeness (QED) is 0.469. The average molecular weight is 370 g/mol. The maximum absolute atomic E-state index is 10.3. The Morgan fingerprint density at radius 1 is 0.750 bits per heavy atom. The van der Waals surface area contributed by atoms with E-state index in [1.54, 1.807) is 0 Å². The van der Waals surface area contributed by atoms with Gasteiger partial charge in [0.25, 0.3) is 0 Å². The molecule has 3 heteroatoms. The van der Waals surface area contributed by atoms with E-state index in [1.165, 1.54) is 22.1 Å². The van der Waals surface area contributed by atoms with Gasteiger partial charge in [0.2, 0.25) is 0 Å². The number of hydrogen-bond donors (Lipinski definition) is 2. The molecular weight excluding hydrogens is 344 g/mol. The molecule has 28 heavy (non-hydrogen) atoms. The van der Waals surface area contributed by atoms with Crippen LogP contribution in [0.4, 0.5) is 0 Å². The van der Waals surface area contributed by atoms with E-state index in [4.69, 9.17) is 0 Å². The molecule has 0 saturated carbocycles. The van der Waals surface area contributed by atoms with E-state index in [9.17, 15) is 5.11 Å². The van der Waals surface area contributed by atoms with Crippen molar-refractivity contribution in [3.63, 3.8) is 0 Å². The van der Waals surface area contributed by atoms with Gasteiger partial charge >= 0.3 is 0 Å². The molecule has 0 saturated heterocycles. The van der Waals surface area contributed by atoms with Crippen molar-refractivity contribution in [1.29, 1.82) is 0 Å². The number of benzene rings is 3. The van der Waals surface area contributed by atoms with Gasteiger partial charge < -0.3 is 10.1 Å². The second-order valence-electron chi connectivity index (χ2n) is 7.28. The summed E-state index contributed by atoms with van der Waals surface area (Å²) in [5.41, 5.74) is 4.92. The Labute approximate surface area is 166 Å². The zero-order chi connectivity index (χ0) is 19.2. The third kappa shape index (κ3) is 4.33. The predicted molar refractivity (Wildman–Crippen MR) is 115 cm³/mol. The van der Waals surface area contributed by atoms with Crippen LogP contribution < -0.4 is 0 Å². The lowest BCUT2D eigenvalue weighted by Crippen LogP contribution is -2.38. The SMILES string of the molecule is OC[C@H](Cc1c[nH]c2ccccc12)N(Cc1ccccc1)Cc1ccccc1. The van der Waals surface area contributed by atoms with Crippen LogP contribution in [-0.4, -0.2) is 27.6 Å². The zero-order valence-electron chi connectivity index (χ0n) is 16.0. The summed E-state index contributed by atoms with van der Waals surface area (Å²) < 4.78 is 0. The van der Waals surface area contributed by atoms with E-state index in [0.717, 1.165) is 25.0 Å². The van der Waals surface area contributed by atoms with Crippen molar-refractivity contribution < 1.29 is 5.11 Å². The summed E-state index contributed by atoms with van der Waals surface area (Å²) in [5.74, 6) is 0. The van der Waals surface area contributed by atoms with Gasteiger partial charge in [0.05, 0.1) is 6.61 Å². The molecule has 0 radical (unpaired) electrons. The first kappa shape index (κ1) is 18.5. The summed E-state index contributed by atoms with van der Waals surface area (Å²) in [7, 11) is 0. The lowest BCUT2D eigenvalue weighted by atomic mass is 10.0. The standard InChI is InChI=1S/C25H26N2O/c28-19-23(15-22-16-26-25-14-8-7-13-24(22)25)27(17-20-9-3-1-4-10-20)18-21-11-5-2-6-12-21/h1-14,16,23,26,28H,15,17-19H2/t23-/m0/s1. The molecule has 4 rings (SSSR count). The number of aliphatic hydroxyl groups is 1. The third-order valence-corrected chi connectivity index (χ3v) is 5.31. The number of fused-ring (bicyclic) bond motifs is 1. The van der Waals surface area contributed by atoms with Gasteiger partial charge in [-0.2, -0.15) is 0 Å². The van der Waals surface area contributed by atoms with Crippen LogP contribution in [0.3, 0.4) is 0 Å². The summed E-state index contributed by atoms with van der Waals surface area (Å²) in [6.45, 7) is 1.74. The first-order valence-corrected chi connectivity index (χ1v) is 9.81. The molecule has 0 fully saturated rings. The van der Waals surface area contributed by atoms with Gasteiger partial charge in [-0.1, -0.05) is 78.9 Å². The molecule has 0 aliphatic carbocycles. The molecule has 4 aromatic rings. The second kappa shape index (κ2) is 8.87. The maximum Gasteiger partial charge on any atom is 0.0590 e. The van der Waals surface area contributed by atoms with Gasteiger partial charge in [-0.15, -0.1) is 0 Å². The number of aromatic nitrogens is 1. The highest BCUT2D eigenvalue weighted by atomic mass is 16.3. The number of aromatic amines is 1. The number of aliphatic hydroxyl groups excluding tert-OH is 1. The first-order valence-electron chi connectivity index (χ1n) is 9.81. The number of nitrogens with one attached hydrogen (secondary N) is 1. The highest BCUT2D eigenvalue weighted by molar-refractivity contribution is 5.83. The van der Waals surface area contributed by atoms with Gasteiger partial charge in [-0.25, -0.2) is 0 Å². The summed E-state index contributed by atoms with van der Waals surface area (Å²) in [6, 6.07) is 29.4. The van der Waals surface area contributed by atoms with Crippen LogP contribution in [0.2, 0.25) is 0 Å². The molecule has 142 valence electrons. The van der Waals surface area contributed by atoms with Crippen molar-refractivity contribution in [1.82, 2.24) is 9.88 Å². The van der Waals surface area contributed by atoms with Crippen LogP contribution in [0.5, 0.6) is 0 Å². The Morgan fingerprint density at radius 2 is 1.32 bits per heavy atom. The van der Waals surface area contributed by atoms with Gasteiger partial charge in [0.1, 0.15) is 0 Å². The van der Waals surface area contributed by atoms with Crippen molar-refractivity contribution in [3.8, 4) is 0 Å². The van der Waals surface area contributed by atoms with Crippen LogP contribution in [0.1, 0.15) is 16.7 Å². The van der Waals surface area contributed by atoms with E-state index in [2.05, 4.69) is 82.8 Å². The molecule has 1 atom stereocenters. The molecule has 0 bridgehead atoms. The molecule has 0 aliphatic heterocycles. The Morgan fingerprint density at radius 3 is 1.93 bits per heavy atom. The molecule has 0 spiro atoms. The Bertz CT molecular complexity index is 953. The zero-order valence-corrected chi connectivity index (χ0v) is 16.0. The number of hydrogen-bond acceptors (Lipinski definition) is 2. The molecule has 0 aliphatic rings. The van der Waals surface area contributed by atoms with Crippen LogP contribution in [0.25, 0.3) is 10.9 Å². The summed E-state index contributed by atoms with van der Waals surface area (Å²) in [4.78, 5) is 5.74. The molecule has 0 unspecified atom stereocenters. The fourth-order valence-electron chi connectivity index (χ4n) is 3.81. The lowest BCUT2D eigenvalue weighted by molar-refractivity contribution is 0.109. The summed E-state index contributed by atoms with van der Waals surface area (Å²) in [5, 5.41) is 11.5. The molecule has 1 aromatic heterocycles. The van der Waals surface area contributed by atoms with Gasteiger partial charge in [0, 0.05) is 36.2 Å². The van der Waals surface area contributed by atoms with Crippen molar-refractivity contribution in [2.24, 2.45) is 0 Å². The van der Waals surface area contributed by atoms with Crippen molar-refractivity contribution in [3.05, 3.63) is 108 Å². The number of nitrogens with zero attached hydrogens (tertiary/aromatic N) is 1. The molecule has 1 heterocycles. The first-order chi connectivity index (χ1) is 13.8. The molecular formula is C25H26N2O. The van der Waals surface area contributed by atoms with Crippen molar-refractivity contribution >= 4 is 10.9 Å². The number of H-pyrrole nitrogens is 1. The van der Waals surface area contributed by atoms with Gasteiger partial charge in [-0.05, 0) is 29.2 Å². The van der Waals surface area contributed by atoms with E-state index < -0.39 is 0 Å². The molecule has 2 N–H and O–H groups in total. The largest absolute Gasteiger partial charge is 0.395 e. The highest BCUT2D eigenvalue weighted by Gasteiger charge is 2.20. The number of rotatable bonds is 8.